The second kappa shape index (κ2) is 5.36. The van der Waals surface area contributed by atoms with Gasteiger partial charge in [-0.1, -0.05) is 47.0 Å². The molecule has 73 valence electrons. The Bertz CT molecular complexity index is 194. The van der Waals surface area contributed by atoms with Gasteiger partial charge in [-0.3, -0.25) is 0 Å². The van der Waals surface area contributed by atoms with Crippen molar-refractivity contribution in [3.05, 3.63) is 5.41 Å². The van der Waals surface area contributed by atoms with Gasteiger partial charge in [0.25, 0.3) is 0 Å². The van der Waals surface area contributed by atoms with Crippen LogP contribution in [0.1, 0.15) is 41.5 Å². The Hall–Kier alpha value is 0.444. The molecular formula is C10H18N2Y-2. The predicted octanol–water partition coefficient (Wildman–Crippen LogP) is 2.99. The van der Waals surface area contributed by atoms with Crippen LogP contribution >= 0.6 is 0 Å². The molecule has 0 bridgehead atoms. The molecule has 0 aliphatic carbocycles. The third kappa shape index (κ3) is 8.77. The quantitative estimate of drug-likeness (QED) is 0.362. The van der Waals surface area contributed by atoms with Crippen molar-refractivity contribution >= 4 is 12.1 Å². The van der Waals surface area contributed by atoms with Crippen molar-refractivity contribution in [2.24, 2.45) is 15.8 Å². The van der Waals surface area contributed by atoms with E-state index in [4.69, 9.17) is 0 Å². The predicted molar refractivity (Wildman–Crippen MR) is 54.7 cm³/mol. The molecule has 0 unspecified atom stereocenters. The summed E-state index contributed by atoms with van der Waals surface area (Å²) in [6.45, 7) is 11.7. The second-order valence-electron chi connectivity index (χ2n) is 5.05. The van der Waals surface area contributed by atoms with Crippen LogP contribution < -0.4 is 0 Å². The van der Waals surface area contributed by atoms with Gasteiger partial charge in [0, 0.05) is 32.7 Å². The van der Waals surface area contributed by atoms with E-state index in [-0.39, 0.29) is 49.4 Å². The average Bonchev–Trinajstić information content (AvgIpc) is 1.78. The number of amidine groups is 1. The zero-order valence-electron chi connectivity index (χ0n) is 9.47. The molecular weight excluding hydrogens is 237 g/mol. The Morgan fingerprint density at radius 1 is 1.08 bits per heavy atom. The zero-order chi connectivity index (χ0) is 9.99. The Labute approximate surface area is 107 Å². The average molecular weight is 255 g/mol. The standard InChI is InChI=1S/C10H18N2.Y/c1-9(2,3)7-12-8(11)10(4,5)6;/h1-6H3;/q-2;. The van der Waals surface area contributed by atoms with Gasteiger partial charge in [-0.15, -0.1) is 5.41 Å². The van der Waals surface area contributed by atoms with Crippen LogP contribution in [0.3, 0.4) is 0 Å². The Balaban J connectivity index is 0. The number of rotatable bonds is 0. The van der Waals surface area contributed by atoms with E-state index < -0.39 is 0 Å². The molecule has 0 aliphatic heterocycles. The number of hydrogen-bond acceptors (Lipinski definition) is 0. The van der Waals surface area contributed by atoms with Gasteiger partial charge in [-0.05, 0) is 0 Å². The van der Waals surface area contributed by atoms with E-state index in [1.807, 2.05) is 41.5 Å². The smallest absolute Gasteiger partial charge is 0 e. The molecule has 0 amide bonds. The maximum absolute atomic E-state index is 9.44. The summed E-state index contributed by atoms with van der Waals surface area (Å²) < 4.78 is 0. The van der Waals surface area contributed by atoms with Crippen molar-refractivity contribution < 1.29 is 32.7 Å². The van der Waals surface area contributed by atoms with E-state index in [0.29, 0.717) is 0 Å². The Morgan fingerprint density at radius 3 is 1.69 bits per heavy atom. The maximum atomic E-state index is 9.44. The number of aliphatic imine (C=N–C) groups is 1. The fraction of sp³-hybridized carbons (Fsp3) is 0.800. The molecule has 0 aromatic heterocycles. The summed E-state index contributed by atoms with van der Waals surface area (Å²) in [5.74, 6) is 0.137. The molecule has 0 saturated carbocycles. The van der Waals surface area contributed by atoms with Crippen LogP contribution in [0.25, 0.3) is 5.41 Å². The molecule has 0 aromatic carbocycles. The van der Waals surface area contributed by atoms with E-state index in [9.17, 15) is 5.41 Å². The Morgan fingerprint density at radius 2 is 1.46 bits per heavy atom. The van der Waals surface area contributed by atoms with E-state index in [1.165, 1.54) is 0 Å². The van der Waals surface area contributed by atoms with E-state index in [2.05, 4.69) is 11.2 Å². The van der Waals surface area contributed by atoms with Gasteiger partial charge in [0.05, 0.1) is 0 Å². The summed E-state index contributed by atoms with van der Waals surface area (Å²) >= 11 is 0. The third-order valence-corrected chi connectivity index (χ3v) is 1.17. The monoisotopic (exact) mass is 255 g/mol. The molecule has 0 fully saturated rings. The molecule has 0 aliphatic rings. The van der Waals surface area contributed by atoms with Crippen LogP contribution in [0.4, 0.5) is 0 Å². The molecule has 2 nitrogen and oxygen atoms in total. The van der Waals surface area contributed by atoms with Crippen molar-refractivity contribution in [2.45, 2.75) is 41.5 Å². The van der Waals surface area contributed by atoms with Crippen molar-refractivity contribution in [2.75, 3.05) is 0 Å². The van der Waals surface area contributed by atoms with Gasteiger partial charge >= 0.3 is 0 Å². The molecule has 0 N–H and O–H groups in total. The van der Waals surface area contributed by atoms with Crippen molar-refractivity contribution in [1.82, 2.24) is 0 Å². The van der Waals surface area contributed by atoms with Gasteiger partial charge in [0.2, 0.25) is 0 Å². The largest absolute Gasteiger partial charge is 0.643 e. The second-order valence-corrected chi connectivity index (χ2v) is 5.05. The summed E-state index contributed by atoms with van der Waals surface area (Å²) in [7, 11) is 0. The third-order valence-electron chi connectivity index (χ3n) is 1.17. The van der Waals surface area contributed by atoms with Gasteiger partial charge in [-0.2, -0.15) is 0 Å². The van der Waals surface area contributed by atoms with Crippen LogP contribution in [-0.2, 0) is 32.7 Å². The molecule has 0 aromatic rings. The van der Waals surface area contributed by atoms with Crippen LogP contribution in [0, 0.1) is 10.8 Å². The van der Waals surface area contributed by atoms with Gasteiger partial charge in [0.15, 0.2) is 0 Å². The molecule has 0 rings (SSSR count). The first-order valence-corrected chi connectivity index (χ1v) is 4.17. The first kappa shape index (κ1) is 15.9. The van der Waals surface area contributed by atoms with E-state index in [1.54, 1.807) is 0 Å². The van der Waals surface area contributed by atoms with Gasteiger partial charge in [0.1, 0.15) is 0 Å². The number of nitrogens with zero attached hydrogens (tertiary/aromatic N) is 2. The van der Waals surface area contributed by atoms with Gasteiger partial charge < -0.3 is 16.6 Å². The van der Waals surface area contributed by atoms with Crippen LogP contribution in [0.15, 0.2) is 4.99 Å². The summed E-state index contributed by atoms with van der Waals surface area (Å²) in [6.07, 6.45) is 2.87. The van der Waals surface area contributed by atoms with E-state index >= 15 is 0 Å². The fourth-order valence-corrected chi connectivity index (χ4v) is 0.388. The van der Waals surface area contributed by atoms with Crippen molar-refractivity contribution in [3.8, 4) is 0 Å². The minimum Gasteiger partial charge on any atom is -0.643 e. The maximum Gasteiger partial charge on any atom is 0 e. The molecule has 0 atom stereocenters. The Kier molecular flexibility index (Phi) is 6.55. The normalized spacial score (nSPS) is 12.8. The topological polar surface area (TPSA) is 34.7 Å². The van der Waals surface area contributed by atoms with Crippen molar-refractivity contribution in [1.29, 1.82) is 0 Å². The summed E-state index contributed by atoms with van der Waals surface area (Å²) in [5.41, 5.74) is -0.377. The fourth-order valence-electron chi connectivity index (χ4n) is 0.388. The molecule has 0 spiro atoms. The van der Waals surface area contributed by atoms with Crippen LogP contribution in [0.2, 0.25) is 0 Å². The SMILES string of the molecule is CC(C)(C)[C-]=NC(=[N-])C(C)(C)C.[Y]. The first-order chi connectivity index (χ1) is 5.13. The summed E-state index contributed by atoms with van der Waals surface area (Å²) in [6, 6.07) is 0. The molecule has 0 saturated heterocycles. The summed E-state index contributed by atoms with van der Waals surface area (Å²) in [5, 5.41) is 9.44. The minimum absolute atomic E-state index is 0. The zero-order valence-corrected chi connectivity index (χ0v) is 12.3. The van der Waals surface area contributed by atoms with Crippen LogP contribution in [0.5, 0.6) is 0 Å². The van der Waals surface area contributed by atoms with Gasteiger partial charge in [-0.25, -0.2) is 5.84 Å². The molecule has 0 heterocycles. The molecule has 1 radical (unpaired) electrons. The summed E-state index contributed by atoms with van der Waals surface area (Å²) in [4.78, 5) is 3.89. The molecule has 13 heavy (non-hydrogen) atoms. The van der Waals surface area contributed by atoms with E-state index in [0.717, 1.165) is 0 Å². The minimum atomic E-state index is -0.280. The first-order valence-electron chi connectivity index (χ1n) is 4.17. The van der Waals surface area contributed by atoms with Crippen LogP contribution in [-0.4, -0.2) is 12.1 Å². The molecule has 3 heteroatoms. The van der Waals surface area contributed by atoms with Crippen molar-refractivity contribution in [3.63, 3.8) is 0 Å². The number of hydrogen-bond donors (Lipinski definition) is 0.